The summed E-state index contributed by atoms with van der Waals surface area (Å²) in [5, 5.41) is 7.07. The Balaban J connectivity index is 2.08. The Morgan fingerprint density at radius 2 is 0.963 bits per heavy atom. The first kappa shape index (κ1) is 18.0. The minimum absolute atomic E-state index is 0.620. The van der Waals surface area contributed by atoms with Crippen molar-refractivity contribution in [3.05, 3.63) is 101 Å². The van der Waals surface area contributed by atoms with E-state index in [0.29, 0.717) is 0 Å². The molecule has 0 atom stereocenters. The van der Waals surface area contributed by atoms with E-state index in [-0.39, 0.29) is 0 Å². The van der Waals surface area contributed by atoms with Crippen LogP contribution in [0.5, 0.6) is 0 Å². The maximum atomic E-state index is 2.33. The number of benzene rings is 4. The highest BCUT2D eigenvalue weighted by molar-refractivity contribution is 7.80. The number of rotatable bonds is 3. The first-order valence-corrected chi connectivity index (χ1v) is 10.8. The SMILES string of the molecule is Cc1cccc(P(c2cccc(C)c2C)c2cccc3ccccc23)c1C. The monoisotopic (exact) mass is 368 g/mol. The molecule has 0 aliphatic heterocycles. The van der Waals surface area contributed by atoms with Crippen molar-refractivity contribution >= 4 is 34.6 Å². The van der Waals surface area contributed by atoms with Gasteiger partial charge in [0.15, 0.2) is 0 Å². The van der Waals surface area contributed by atoms with Crippen LogP contribution >= 0.6 is 7.92 Å². The Morgan fingerprint density at radius 3 is 1.59 bits per heavy atom. The fourth-order valence-electron chi connectivity index (χ4n) is 3.75. The van der Waals surface area contributed by atoms with Gasteiger partial charge < -0.3 is 0 Å². The minimum atomic E-state index is -0.620. The fourth-order valence-corrected chi connectivity index (χ4v) is 6.70. The second-order valence-corrected chi connectivity index (χ2v) is 9.39. The molecule has 0 aliphatic carbocycles. The van der Waals surface area contributed by atoms with Gasteiger partial charge in [0, 0.05) is 0 Å². The van der Waals surface area contributed by atoms with Gasteiger partial charge in [0.1, 0.15) is 0 Å². The van der Waals surface area contributed by atoms with Crippen LogP contribution < -0.4 is 15.9 Å². The van der Waals surface area contributed by atoms with Crippen LogP contribution in [-0.2, 0) is 0 Å². The Morgan fingerprint density at radius 1 is 0.481 bits per heavy atom. The smallest absolute Gasteiger partial charge is 0.00724 e. The summed E-state index contributed by atoms with van der Waals surface area (Å²) in [7, 11) is -0.620. The Hall–Kier alpha value is -2.43. The van der Waals surface area contributed by atoms with Crippen LogP contribution in [0.4, 0.5) is 0 Å². The van der Waals surface area contributed by atoms with Crippen molar-refractivity contribution in [1.82, 2.24) is 0 Å². The van der Waals surface area contributed by atoms with E-state index in [2.05, 4.69) is 107 Å². The second kappa shape index (κ2) is 7.29. The molecule has 0 saturated carbocycles. The molecular weight excluding hydrogens is 343 g/mol. The molecule has 4 aromatic carbocycles. The maximum absolute atomic E-state index is 2.33. The molecule has 0 aromatic heterocycles. The number of fused-ring (bicyclic) bond motifs is 1. The minimum Gasteiger partial charge on any atom is -0.0616 e. The van der Waals surface area contributed by atoms with Crippen molar-refractivity contribution in [1.29, 1.82) is 0 Å². The summed E-state index contributed by atoms with van der Waals surface area (Å²) in [5.74, 6) is 0. The van der Waals surface area contributed by atoms with Crippen LogP contribution in [0, 0.1) is 27.7 Å². The molecule has 0 heterocycles. The molecule has 0 nitrogen and oxygen atoms in total. The summed E-state index contributed by atoms with van der Waals surface area (Å²) < 4.78 is 0. The van der Waals surface area contributed by atoms with Crippen LogP contribution in [0.3, 0.4) is 0 Å². The molecule has 0 radical (unpaired) electrons. The number of hydrogen-bond acceptors (Lipinski definition) is 0. The standard InChI is InChI=1S/C26H25P/c1-18-10-7-15-24(20(18)3)27(25-16-8-11-19(2)21(25)4)26-17-9-13-22-12-5-6-14-23(22)26/h5-17H,1-4H3. The third-order valence-corrected chi connectivity index (χ3v) is 8.45. The highest BCUT2D eigenvalue weighted by Crippen LogP contribution is 2.38. The lowest BCUT2D eigenvalue weighted by atomic mass is 10.1. The van der Waals surface area contributed by atoms with Gasteiger partial charge in [-0.05, 0) is 84.6 Å². The van der Waals surface area contributed by atoms with E-state index in [1.807, 2.05) is 0 Å². The summed E-state index contributed by atoms with van der Waals surface area (Å²) in [4.78, 5) is 0. The van der Waals surface area contributed by atoms with E-state index in [1.54, 1.807) is 0 Å². The number of hydrogen-bond donors (Lipinski definition) is 0. The van der Waals surface area contributed by atoms with Gasteiger partial charge in [-0.15, -0.1) is 0 Å². The molecule has 0 spiro atoms. The zero-order valence-corrected chi connectivity index (χ0v) is 17.3. The molecule has 0 unspecified atom stereocenters. The lowest BCUT2D eigenvalue weighted by Gasteiger charge is -2.25. The van der Waals surface area contributed by atoms with Gasteiger partial charge in [-0.2, -0.15) is 0 Å². The average molecular weight is 368 g/mol. The quantitative estimate of drug-likeness (QED) is 0.399. The second-order valence-electron chi connectivity index (χ2n) is 7.27. The van der Waals surface area contributed by atoms with Crippen molar-refractivity contribution < 1.29 is 0 Å². The summed E-state index contributed by atoms with van der Waals surface area (Å²) in [6.45, 7) is 8.99. The Kier molecular flexibility index (Phi) is 4.85. The average Bonchev–Trinajstić information content (AvgIpc) is 2.68. The third-order valence-electron chi connectivity index (χ3n) is 5.64. The molecule has 0 bridgehead atoms. The van der Waals surface area contributed by atoms with Crippen molar-refractivity contribution in [3.8, 4) is 0 Å². The first-order valence-electron chi connectivity index (χ1n) is 9.48. The van der Waals surface area contributed by atoms with E-state index in [1.165, 1.54) is 48.9 Å². The summed E-state index contributed by atoms with van der Waals surface area (Å²) in [5.41, 5.74) is 5.56. The van der Waals surface area contributed by atoms with E-state index < -0.39 is 7.92 Å². The predicted molar refractivity (Wildman–Crippen MR) is 122 cm³/mol. The molecule has 1 heteroatoms. The van der Waals surface area contributed by atoms with Crippen molar-refractivity contribution in [2.75, 3.05) is 0 Å². The highest BCUT2D eigenvalue weighted by atomic mass is 31.1. The van der Waals surface area contributed by atoms with Crippen molar-refractivity contribution in [3.63, 3.8) is 0 Å². The van der Waals surface area contributed by atoms with E-state index in [9.17, 15) is 0 Å². The molecule has 0 amide bonds. The lowest BCUT2D eigenvalue weighted by molar-refractivity contribution is 1.36. The van der Waals surface area contributed by atoms with Crippen LogP contribution in [0.1, 0.15) is 22.3 Å². The predicted octanol–water partition coefficient (Wildman–Crippen LogP) is 5.83. The molecule has 134 valence electrons. The van der Waals surface area contributed by atoms with Gasteiger partial charge in [-0.3, -0.25) is 0 Å². The van der Waals surface area contributed by atoms with Crippen LogP contribution in [0.15, 0.2) is 78.9 Å². The van der Waals surface area contributed by atoms with Gasteiger partial charge >= 0.3 is 0 Å². The van der Waals surface area contributed by atoms with E-state index in [4.69, 9.17) is 0 Å². The van der Waals surface area contributed by atoms with Crippen molar-refractivity contribution in [2.45, 2.75) is 27.7 Å². The maximum Gasteiger partial charge on any atom is -0.00724 e. The van der Waals surface area contributed by atoms with Crippen LogP contribution in [0.25, 0.3) is 10.8 Å². The van der Waals surface area contributed by atoms with Gasteiger partial charge in [-0.1, -0.05) is 78.9 Å². The normalized spacial score (nSPS) is 11.3. The topological polar surface area (TPSA) is 0 Å². The van der Waals surface area contributed by atoms with Crippen LogP contribution in [-0.4, -0.2) is 0 Å². The molecule has 0 fully saturated rings. The van der Waals surface area contributed by atoms with Gasteiger partial charge in [-0.25, -0.2) is 0 Å². The molecule has 4 aromatic rings. The molecule has 0 N–H and O–H groups in total. The third kappa shape index (κ3) is 3.20. The summed E-state index contributed by atoms with van der Waals surface area (Å²) in [6, 6.07) is 29.1. The molecule has 0 saturated heterocycles. The zero-order valence-electron chi connectivity index (χ0n) is 16.5. The molecule has 0 aliphatic rings. The van der Waals surface area contributed by atoms with Crippen LogP contribution in [0.2, 0.25) is 0 Å². The van der Waals surface area contributed by atoms with Gasteiger partial charge in [0.2, 0.25) is 0 Å². The molecule has 4 rings (SSSR count). The fraction of sp³-hybridized carbons (Fsp3) is 0.154. The lowest BCUT2D eigenvalue weighted by Crippen LogP contribution is -2.25. The Bertz CT molecular complexity index is 1070. The number of aryl methyl sites for hydroxylation is 2. The zero-order chi connectivity index (χ0) is 19.0. The van der Waals surface area contributed by atoms with Gasteiger partial charge in [0.05, 0.1) is 0 Å². The summed E-state index contributed by atoms with van der Waals surface area (Å²) in [6.07, 6.45) is 0. The highest BCUT2D eigenvalue weighted by Gasteiger charge is 2.22. The largest absolute Gasteiger partial charge is 0.0616 e. The molecular formula is C26H25P. The van der Waals surface area contributed by atoms with E-state index >= 15 is 0 Å². The summed E-state index contributed by atoms with van der Waals surface area (Å²) >= 11 is 0. The first-order chi connectivity index (χ1) is 13.1. The van der Waals surface area contributed by atoms with Crippen molar-refractivity contribution in [2.24, 2.45) is 0 Å². The molecule has 27 heavy (non-hydrogen) atoms. The Labute approximate surface area is 163 Å². The van der Waals surface area contributed by atoms with Gasteiger partial charge in [0.25, 0.3) is 0 Å². The van der Waals surface area contributed by atoms with E-state index in [0.717, 1.165) is 0 Å².